The van der Waals surface area contributed by atoms with E-state index in [4.69, 9.17) is 4.74 Å². The summed E-state index contributed by atoms with van der Waals surface area (Å²) < 4.78 is 5.88. The van der Waals surface area contributed by atoms with Gasteiger partial charge in [-0.1, -0.05) is 24.8 Å². The van der Waals surface area contributed by atoms with Crippen molar-refractivity contribution in [2.24, 2.45) is 5.92 Å². The molecule has 0 bridgehead atoms. The van der Waals surface area contributed by atoms with E-state index in [1.807, 2.05) is 12.1 Å². The average Bonchev–Trinajstić information content (AvgIpc) is 2.66. The van der Waals surface area contributed by atoms with Crippen LogP contribution >= 0.6 is 0 Å². The van der Waals surface area contributed by atoms with Crippen LogP contribution in [0, 0.1) is 5.92 Å². The second-order valence-corrected chi connectivity index (χ2v) is 6.59. The first kappa shape index (κ1) is 17.4. The molecule has 5 nitrogen and oxygen atoms in total. The maximum Gasteiger partial charge on any atom is 0.159 e. The predicted molar refractivity (Wildman–Crippen MR) is 100 cm³/mol. The highest BCUT2D eigenvalue weighted by atomic mass is 16.5. The van der Waals surface area contributed by atoms with Crippen molar-refractivity contribution in [1.29, 1.82) is 0 Å². The SMILES string of the molecule is C=CNCc1cccc(-c2ncc(OCC3CCN(C)CC3)cn2)c1. The first-order chi connectivity index (χ1) is 12.2. The van der Waals surface area contributed by atoms with Gasteiger partial charge in [0.2, 0.25) is 0 Å². The number of aromatic nitrogens is 2. The van der Waals surface area contributed by atoms with Gasteiger partial charge in [0.15, 0.2) is 11.6 Å². The zero-order chi connectivity index (χ0) is 17.5. The van der Waals surface area contributed by atoms with E-state index >= 15 is 0 Å². The fourth-order valence-electron chi connectivity index (χ4n) is 2.99. The van der Waals surface area contributed by atoms with E-state index in [0.29, 0.717) is 11.7 Å². The molecule has 0 aliphatic carbocycles. The van der Waals surface area contributed by atoms with Crippen molar-refractivity contribution in [3.05, 3.63) is 55.0 Å². The molecule has 0 atom stereocenters. The van der Waals surface area contributed by atoms with Gasteiger partial charge in [-0.3, -0.25) is 0 Å². The second kappa shape index (κ2) is 8.62. The van der Waals surface area contributed by atoms with Gasteiger partial charge in [-0.2, -0.15) is 0 Å². The molecule has 2 aromatic rings. The van der Waals surface area contributed by atoms with Crippen LogP contribution in [0.5, 0.6) is 5.75 Å². The van der Waals surface area contributed by atoms with E-state index in [2.05, 4.69) is 45.9 Å². The average molecular weight is 338 g/mol. The molecule has 0 unspecified atom stereocenters. The van der Waals surface area contributed by atoms with E-state index in [-0.39, 0.29) is 0 Å². The van der Waals surface area contributed by atoms with Crippen LogP contribution in [0.2, 0.25) is 0 Å². The lowest BCUT2D eigenvalue weighted by molar-refractivity contribution is 0.159. The van der Waals surface area contributed by atoms with Crippen LogP contribution in [0.15, 0.2) is 49.4 Å². The lowest BCUT2D eigenvalue weighted by Crippen LogP contribution is -2.32. The number of hydrogen-bond acceptors (Lipinski definition) is 5. The van der Waals surface area contributed by atoms with Gasteiger partial charge in [-0.05, 0) is 56.7 Å². The third kappa shape index (κ3) is 5.03. The Bertz CT molecular complexity index is 678. The molecule has 25 heavy (non-hydrogen) atoms. The predicted octanol–water partition coefficient (Wildman–Crippen LogP) is 3.10. The minimum absolute atomic E-state index is 0.630. The summed E-state index contributed by atoms with van der Waals surface area (Å²) in [6.07, 6.45) is 7.62. The summed E-state index contributed by atoms with van der Waals surface area (Å²) in [5.74, 6) is 2.09. The minimum Gasteiger partial charge on any atom is -0.490 e. The summed E-state index contributed by atoms with van der Waals surface area (Å²) >= 11 is 0. The summed E-state index contributed by atoms with van der Waals surface area (Å²) in [5.41, 5.74) is 2.17. The Morgan fingerprint density at radius 1 is 1.28 bits per heavy atom. The standard InChI is InChI=1S/C20H26N4O/c1-3-21-12-17-5-4-6-18(11-17)20-22-13-19(14-23-20)25-15-16-7-9-24(2)10-8-16/h3-6,11,13-14,16,21H,1,7-10,12,15H2,2H3. The molecule has 0 amide bonds. The van der Waals surface area contributed by atoms with Crippen molar-refractivity contribution < 1.29 is 4.74 Å². The van der Waals surface area contributed by atoms with Crippen LogP contribution in [0.25, 0.3) is 11.4 Å². The molecule has 132 valence electrons. The van der Waals surface area contributed by atoms with Crippen LogP contribution in [0.1, 0.15) is 18.4 Å². The topological polar surface area (TPSA) is 50.3 Å². The summed E-state index contributed by atoms with van der Waals surface area (Å²) in [7, 11) is 2.17. The molecule has 0 radical (unpaired) electrons. The van der Waals surface area contributed by atoms with Crippen LogP contribution in [0.4, 0.5) is 0 Å². The first-order valence-electron chi connectivity index (χ1n) is 8.81. The molecule has 0 saturated carbocycles. The Balaban J connectivity index is 1.57. The highest BCUT2D eigenvalue weighted by Gasteiger charge is 2.17. The van der Waals surface area contributed by atoms with E-state index < -0.39 is 0 Å². The van der Waals surface area contributed by atoms with Crippen LogP contribution in [0.3, 0.4) is 0 Å². The first-order valence-corrected chi connectivity index (χ1v) is 8.81. The molecular weight excluding hydrogens is 312 g/mol. The zero-order valence-corrected chi connectivity index (χ0v) is 14.8. The second-order valence-electron chi connectivity index (χ2n) is 6.59. The number of likely N-dealkylation sites (tertiary alicyclic amines) is 1. The number of piperidine rings is 1. The summed E-state index contributed by atoms with van der Waals surface area (Å²) in [5, 5.41) is 3.10. The summed E-state index contributed by atoms with van der Waals surface area (Å²) in [4.78, 5) is 11.3. The zero-order valence-electron chi connectivity index (χ0n) is 14.8. The lowest BCUT2D eigenvalue weighted by Gasteiger charge is -2.28. The maximum absolute atomic E-state index is 5.88. The van der Waals surface area contributed by atoms with E-state index in [9.17, 15) is 0 Å². The maximum atomic E-state index is 5.88. The number of rotatable bonds is 7. The number of ether oxygens (including phenoxy) is 1. The number of nitrogens with zero attached hydrogens (tertiary/aromatic N) is 3. The molecule has 1 aromatic heterocycles. The van der Waals surface area contributed by atoms with Crippen molar-refractivity contribution in [3.63, 3.8) is 0 Å². The molecule has 2 heterocycles. The van der Waals surface area contributed by atoms with Crippen LogP contribution in [-0.2, 0) is 6.54 Å². The molecule has 1 fully saturated rings. The lowest BCUT2D eigenvalue weighted by atomic mass is 9.98. The third-order valence-electron chi connectivity index (χ3n) is 4.59. The Morgan fingerprint density at radius 3 is 2.76 bits per heavy atom. The molecule has 3 rings (SSSR count). The molecule has 0 spiro atoms. The largest absolute Gasteiger partial charge is 0.490 e. The fourth-order valence-corrected chi connectivity index (χ4v) is 2.99. The van der Waals surface area contributed by atoms with Crippen molar-refractivity contribution >= 4 is 0 Å². The Hall–Kier alpha value is -2.40. The van der Waals surface area contributed by atoms with Gasteiger partial charge < -0.3 is 15.0 Å². The van der Waals surface area contributed by atoms with Crippen molar-refractivity contribution in [3.8, 4) is 17.1 Å². The smallest absolute Gasteiger partial charge is 0.159 e. The summed E-state index contributed by atoms with van der Waals surface area (Å²) in [6.45, 7) is 7.47. The molecule has 5 heteroatoms. The van der Waals surface area contributed by atoms with E-state index in [0.717, 1.165) is 37.6 Å². The van der Waals surface area contributed by atoms with Gasteiger partial charge in [0.05, 0.1) is 19.0 Å². The minimum atomic E-state index is 0.630. The number of benzene rings is 1. The Labute approximate surface area is 149 Å². The van der Waals surface area contributed by atoms with Crippen molar-refractivity contribution in [2.75, 3.05) is 26.7 Å². The van der Waals surface area contributed by atoms with Gasteiger partial charge in [0, 0.05) is 12.1 Å². The van der Waals surface area contributed by atoms with Gasteiger partial charge in [0.25, 0.3) is 0 Å². The molecule has 1 aromatic carbocycles. The van der Waals surface area contributed by atoms with Gasteiger partial charge in [0.1, 0.15) is 0 Å². The highest BCUT2D eigenvalue weighted by molar-refractivity contribution is 5.56. The molecular formula is C20H26N4O. The van der Waals surface area contributed by atoms with Crippen LogP contribution in [-0.4, -0.2) is 41.6 Å². The normalized spacial score (nSPS) is 15.7. The molecule has 1 N–H and O–H groups in total. The van der Waals surface area contributed by atoms with Crippen molar-refractivity contribution in [1.82, 2.24) is 20.2 Å². The van der Waals surface area contributed by atoms with E-state index in [1.165, 1.54) is 18.4 Å². The Morgan fingerprint density at radius 2 is 2.04 bits per heavy atom. The Kier molecular flexibility index (Phi) is 6.01. The van der Waals surface area contributed by atoms with Crippen LogP contribution < -0.4 is 10.1 Å². The van der Waals surface area contributed by atoms with Crippen molar-refractivity contribution in [2.45, 2.75) is 19.4 Å². The van der Waals surface area contributed by atoms with Gasteiger partial charge in [-0.25, -0.2) is 9.97 Å². The summed E-state index contributed by atoms with van der Waals surface area (Å²) in [6, 6.07) is 8.19. The van der Waals surface area contributed by atoms with Gasteiger partial charge >= 0.3 is 0 Å². The molecule has 1 aliphatic rings. The monoisotopic (exact) mass is 338 g/mol. The van der Waals surface area contributed by atoms with Gasteiger partial charge in [-0.15, -0.1) is 0 Å². The molecule has 1 saturated heterocycles. The fraction of sp³-hybridized carbons (Fsp3) is 0.400. The number of nitrogens with one attached hydrogen (secondary N) is 1. The molecule has 1 aliphatic heterocycles. The highest BCUT2D eigenvalue weighted by Crippen LogP contribution is 2.20. The van der Waals surface area contributed by atoms with E-state index in [1.54, 1.807) is 18.6 Å². The quantitative estimate of drug-likeness (QED) is 0.841. The third-order valence-corrected chi connectivity index (χ3v) is 4.59. The number of hydrogen-bond donors (Lipinski definition) is 1.